The largest absolute Gasteiger partial charge is 0.370 e. The maximum atomic E-state index is 12.4. The van der Waals surface area contributed by atoms with Crippen LogP contribution in [-0.4, -0.2) is 29.3 Å². The molecule has 148 valence electrons. The molecule has 0 aliphatic carbocycles. The van der Waals surface area contributed by atoms with Gasteiger partial charge in [0.1, 0.15) is 0 Å². The van der Waals surface area contributed by atoms with Crippen molar-refractivity contribution in [1.82, 2.24) is 4.90 Å². The highest BCUT2D eigenvalue weighted by Crippen LogP contribution is 2.21. The number of carbonyl (C=O) groups is 2. The van der Waals surface area contributed by atoms with Crippen LogP contribution in [0.25, 0.3) is 0 Å². The summed E-state index contributed by atoms with van der Waals surface area (Å²) >= 11 is 0. The van der Waals surface area contributed by atoms with Gasteiger partial charge in [-0.3, -0.25) is 9.59 Å². The van der Waals surface area contributed by atoms with Crippen molar-refractivity contribution in [2.24, 2.45) is 11.7 Å². The predicted octanol–water partition coefficient (Wildman–Crippen LogP) is 4.24. The molecular weight excluding hydrogens is 336 g/mol. The van der Waals surface area contributed by atoms with Gasteiger partial charge in [-0.2, -0.15) is 0 Å². The first kappa shape index (κ1) is 21.2. The van der Waals surface area contributed by atoms with Crippen LogP contribution in [-0.2, 0) is 16.0 Å². The molecule has 0 radical (unpaired) electrons. The van der Waals surface area contributed by atoms with E-state index in [1.807, 2.05) is 6.07 Å². The van der Waals surface area contributed by atoms with Crippen molar-refractivity contribution in [1.29, 1.82) is 0 Å². The first-order valence-corrected chi connectivity index (χ1v) is 10.4. The Kier molecular flexibility index (Phi) is 9.09. The Morgan fingerprint density at radius 2 is 1.96 bits per heavy atom. The van der Waals surface area contributed by atoms with Crippen LogP contribution < -0.4 is 5.73 Å². The van der Waals surface area contributed by atoms with Crippen LogP contribution in [0.4, 0.5) is 0 Å². The van der Waals surface area contributed by atoms with Gasteiger partial charge in [0.05, 0.1) is 0 Å². The quantitative estimate of drug-likeness (QED) is 0.468. The van der Waals surface area contributed by atoms with E-state index in [9.17, 15) is 9.59 Å². The molecule has 0 bridgehead atoms. The first-order valence-electron chi connectivity index (χ1n) is 10.4. The minimum absolute atomic E-state index is 0.226. The van der Waals surface area contributed by atoms with Crippen LogP contribution >= 0.6 is 0 Å². The fraction of sp³-hybridized carbons (Fsp3) is 0.565. The summed E-state index contributed by atoms with van der Waals surface area (Å²) in [6.45, 7) is 3.05. The molecule has 2 N–H and O–H groups in total. The highest BCUT2D eigenvalue weighted by molar-refractivity contribution is 5.77. The normalized spacial score (nSPS) is 18.8. The van der Waals surface area contributed by atoms with Crippen molar-refractivity contribution in [2.75, 3.05) is 6.54 Å². The van der Waals surface area contributed by atoms with Gasteiger partial charge in [-0.25, -0.2) is 0 Å². The van der Waals surface area contributed by atoms with Crippen molar-refractivity contribution < 1.29 is 9.59 Å². The van der Waals surface area contributed by atoms with Gasteiger partial charge < -0.3 is 10.6 Å². The second-order valence-electron chi connectivity index (χ2n) is 7.73. The molecule has 0 saturated carbocycles. The van der Waals surface area contributed by atoms with E-state index in [0.29, 0.717) is 18.8 Å². The Labute approximate surface area is 163 Å². The summed E-state index contributed by atoms with van der Waals surface area (Å²) in [5.74, 6) is 0.514. The number of nitrogens with two attached hydrogens (primary N) is 1. The number of primary amides is 1. The Hall–Kier alpha value is -2.10. The summed E-state index contributed by atoms with van der Waals surface area (Å²) < 4.78 is 0. The smallest absolute Gasteiger partial charge is 0.223 e. The number of rotatable bonds is 11. The molecule has 27 heavy (non-hydrogen) atoms. The molecule has 2 rings (SSSR count). The molecule has 4 nitrogen and oxygen atoms in total. The third-order valence-corrected chi connectivity index (χ3v) is 5.25. The minimum Gasteiger partial charge on any atom is -0.370 e. The minimum atomic E-state index is -0.226. The van der Waals surface area contributed by atoms with Crippen LogP contribution in [0.1, 0.15) is 63.9 Å². The average molecular weight is 371 g/mol. The predicted molar refractivity (Wildman–Crippen MR) is 110 cm³/mol. The lowest BCUT2D eigenvalue weighted by molar-refractivity contribution is -0.135. The number of piperidine rings is 1. The van der Waals surface area contributed by atoms with Gasteiger partial charge in [0, 0.05) is 25.4 Å². The number of likely N-dealkylation sites (tertiary alicyclic amines) is 1. The zero-order valence-electron chi connectivity index (χ0n) is 16.6. The Morgan fingerprint density at radius 1 is 1.22 bits per heavy atom. The lowest BCUT2D eigenvalue weighted by atomic mass is 9.96. The van der Waals surface area contributed by atoms with E-state index < -0.39 is 0 Å². The second-order valence-corrected chi connectivity index (χ2v) is 7.73. The summed E-state index contributed by atoms with van der Waals surface area (Å²) in [6, 6.07) is 10.8. The molecule has 1 aliphatic rings. The highest BCUT2D eigenvalue weighted by Gasteiger charge is 2.25. The summed E-state index contributed by atoms with van der Waals surface area (Å²) in [4.78, 5) is 25.2. The zero-order valence-corrected chi connectivity index (χ0v) is 16.6. The van der Waals surface area contributed by atoms with Crippen LogP contribution in [0.5, 0.6) is 0 Å². The fourth-order valence-corrected chi connectivity index (χ4v) is 3.74. The summed E-state index contributed by atoms with van der Waals surface area (Å²) in [6.07, 6.45) is 12.6. The SMILES string of the molecule is CC(/C=C/[C@H]1CCCC(=O)N1CCCCCCC(N)=O)Cc1ccccc1. The summed E-state index contributed by atoms with van der Waals surface area (Å²) in [5, 5.41) is 0. The van der Waals surface area contributed by atoms with E-state index in [2.05, 4.69) is 48.2 Å². The Morgan fingerprint density at radius 3 is 2.70 bits per heavy atom. The molecular formula is C23H34N2O2. The second kappa shape index (κ2) is 11.6. The molecule has 2 amide bonds. The van der Waals surface area contributed by atoms with Crippen molar-refractivity contribution in [3.63, 3.8) is 0 Å². The summed E-state index contributed by atoms with van der Waals surface area (Å²) in [5.41, 5.74) is 6.52. The van der Waals surface area contributed by atoms with Crippen LogP contribution in [0.3, 0.4) is 0 Å². The van der Waals surface area contributed by atoms with Crippen LogP contribution in [0, 0.1) is 5.92 Å². The molecule has 2 atom stereocenters. The molecule has 1 aliphatic heterocycles. The van der Waals surface area contributed by atoms with E-state index in [4.69, 9.17) is 5.73 Å². The number of allylic oxidation sites excluding steroid dienone is 1. The van der Waals surface area contributed by atoms with Gasteiger partial charge in [0.25, 0.3) is 0 Å². The maximum absolute atomic E-state index is 12.4. The van der Waals surface area contributed by atoms with Gasteiger partial charge in [0.15, 0.2) is 0 Å². The van der Waals surface area contributed by atoms with E-state index in [-0.39, 0.29) is 17.9 Å². The van der Waals surface area contributed by atoms with Gasteiger partial charge in [-0.15, -0.1) is 0 Å². The molecule has 0 spiro atoms. The van der Waals surface area contributed by atoms with Crippen molar-refractivity contribution in [3.05, 3.63) is 48.0 Å². The fourth-order valence-electron chi connectivity index (χ4n) is 3.74. The van der Waals surface area contributed by atoms with Crippen molar-refractivity contribution in [2.45, 2.75) is 70.8 Å². The van der Waals surface area contributed by atoms with E-state index >= 15 is 0 Å². The third kappa shape index (κ3) is 7.98. The number of amides is 2. The molecule has 1 heterocycles. The summed E-state index contributed by atoms with van der Waals surface area (Å²) in [7, 11) is 0. The molecule has 1 aromatic rings. The molecule has 1 saturated heterocycles. The number of nitrogens with zero attached hydrogens (tertiary/aromatic N) is 1. The zero-order chi connectivity index (χ0) is 19.5. The van der Waals surface area contributed by atoms with E-state index in [1.165, 1.54) is 5.56 Å². The lowest BCUT2D eigenvalue weighted by Gasteiger charge is -2.34. The van der Waals surface area contributed by atoms with Gasteiger partial charge in [-0.1, -0.05) is 62.2 Å². The molecule has 1 unspecified atom stereocenters. The number of carbonyl (C=O) groups excluding carboxylic acids is 2. The van der Waals surface area contributed by atoms with Crippen LogP contribution in [0.2, 0.25) is 0 Å². The number of hydrogen-bond acceptors (Lipinski definition) is 2. The standard InChI is InChI=1S/C23H34N2O2/c1-19(18-20-10-5-4-6-11-20)15-16-21-12-9-14-23(27)25(21)17-8-3-2-7-13-22(24)26/h4-6,10-11,15-16,19,21H,2-3,7-9,12-14,17-18H2,1H3,(H2,24,26)/b16-15+/t19?,21-/m1/s1. The van der Waals surface area contributed by atoms with E-state index in [1.54, 1.807) is 0 Å². The van der Waals surface area contributed by atoms with Crippen LogP contribution in [0.15, 0.2) is 42.5 Å². The topological polar surface area (TPSA) is 63.4 Å². The van der Waals surface area contributed by atoms with Gasteiger partial charge in [0.2, 0.25) is 11.8 Å². The lowest BCUT2D eigenvalue weighted by Crippen LogP contribution is -2.43. The number of unbranched alkanes of at least 4 members (excludes halogenated alkanes) is 3. The monoisotopic (exact) mass is 370 g/mol. The van der Waals surface area contributed by atoms with Crippen molar-refractivity contribution in [3.8, 4) is 0 Å². The van der Waals surface area contributed by atoms with Gasteiger partial charge in [-0.05, 0) is 43.6 Å². The van der Waals surface area contributed by atoms with Gasteiger partial charge >= 0.3 is 0 Å². The average Bonchev–Trinajstić information content (AvgIpc) is 2.65. The van der Waals surface area contributed by atoms with Crippen molar-refractivity contribution >= 4 is 11.8 Å². The molecule has 1 aromatic carbocycles. The maximum Gasteiger partial charge on any atom is 0.223 e. The number of hydrogen-bond donors (Lipinski definition) is 1. The third-order valence-electron chi connectivity index (χ3n) is 5.25. The highest BCUT2D eigenvalue weighted by atomic mass is 16.2. The Balaban J connectivity index is 1.79. The Bertz CT molecular complexity index is 612. The molecule has 0 aromatic heterocycles. The first-order chi connectivity index (χ1) is 13.1. The number of benzene rings is 1. The van der Waals surface area contributed by atoms with E-state index in [0.717, 1.165) is 51.5 Å². The molecule has 1 fully saturated rings. The molecule has 4 heteroatoms.